The van der Waals surface area contributed by atoms with Crippen molar-refractivity contribution in [3.8, 4) is 11.5 Å². The molecule has 0 radical (unpaired) electrons. The lowest BCUT2D eigenvalue weighted by Gasteiger charge is -2.22. The van der Waals surface area contributed by atoms with E-state index in [0.29, 0.717) is 31.7 Å². The molecule has 1 aliphatic heterocycles. The molecule has 0 aliphatic carbocycles. The number of nitrogens with zero attached hydrogens (tertiary/aromatic N) is 1. The molecule has 3 rings (SSSR count). The summed E-state index contributed by atoms with van der Waals surface area (Å²) in [6, 6.07) is 11.2. The fraction of sp³-hybridized carbons (Fsp3) is 0.478. The van der Waals surface area contributed by atoms with Crippen molar-refractivity contribution in [1.82, 2.24) is 4.31 Å². The first-order valence-corrected chi connectivity index (χ1v) is 12.0. The molecule has 0 spiro atoms. The molecule has 166 valence electrons. The molecule has 0 bridgehead atoms. The average Bonchev–Trinajstić information content (AvgIpc) is 2.84. The highest BCUT2D eigenvalue weighted by Gasteiger charge is 2.29. The second kappa shape index (κ2) is 10.3. The van der Waals surface area contributed by atoms with Crippen LogP contribution in [-0.2, 0) is 10.0 Å². The van der Waals surface area contributed by atoms with Gasteiger partial charge < -0.3 is 14.9 Å². The minimum absolute atomic E-state index is 0.340. The summed E-state index contributed by atoms with van der Waals surface area (Å²) in [4.78, 5) is 0. The van der Waals surface area contributed by atoms with Gasteiger partial charge in [0.05, 0.1) is 12.4 Å². The van der Waals surface area contributed by atoms with E-state index in [4.69, 9.17) is 9.84 Å². The first-order chi connectivity index (χ1) is 14.0. The molecule has 0 unspecified atom stereocenters. The number of aliphatic hydroxyl groups excluding tert-OH is 1. The van der Waals surface area contributed by atoms with Crippen LogP contribution in [0.2, 0.25) is 0 Å². The fourth-order valence-electron chi connectivity index (χ4n) is 3.19. The molecule has 0 aromatic heterocycles. The van der Waals surface area contributed by atoms with E-state index in [-0.39, 0.29) is 6.10 Å². The summed E-state index contributed by atoms with van der Waals surface area (Å²) >= 11 is 0. The maximum Gasteiger partial charge on any atom is 0.211 e. The summed E-state index contributed by atoms with van der Waals surface area (Å²) in [5.74, 6) is 1.06. The van der Waals surface area contributed by atoms with Gasteiger partial charge >= 0.3 is 0 Å². The lowest BCUT2D eigenvalue weighted by molar-refractivity contribution is 0.0350. The van der Waals surface area contributed by atoms with Gasteiger partial charge in [0, 0.05) is 19.5 Å². The Hall–Kier alpha value is -2.09. The number of ether oxygens (including phenoxy) is 1. The third-order valence-corrected chi connectivity index (χ3v) is 6.79. The Bertz CT molecular complexity index is 958. The maximum absolute atomic E-state index is 11.6. The minimum atomic E-state index is -3.21. The maximum atomic E-state index is 11.6. The van der Waals surface area contributed by atoms with E-state index < -0.39 is 16.1 Å². The van der Waals surface area contributed by atoms with Crippen molar-refractivity contribution in [1.29, 1.82) is 0 Å². The van der Waals surface area contributed by atoms with Crippen LogP contribution in [0.1, 0.15) is 35.1 Å². The Kier molecular flexibility index (Phi) is 8.29. The fourth-order valence-corrected chi connectivity index (χ4v) is 4.07. The predicted octanol–water partition coefficient (Wildman–Crippen LogP) is 3.48. The first kappa shape index (κ1) is 24.2. The Morgan fingerprint density at radius 3 is 2.00 bits per heavy atom. The summed E-state index contributed by atoms with van der Waals surface area (Å²) in [6.45, 7) is 8.77. The molecule has 0 saturated carbocycles. The number of hydrogen-bond acceptors (Lipinski definition) is 5. The zero-order chi connectivity index (χ0) is 22.5. The van der Waals surface area contributed by atoms with E-state index in [1.807, 2.05) is 52.0 Å². The highest BCUT2D eigenvalue weighted by atomic mass is 32.2. The van der Waals surface area contributed by atoms with Gasteiger partial charge in [0.1, 0.15) is 17.6 Å². The van der Waals surface area contributed by atoms with Crippen LogP contribution in [-0.4, -0.2) is 54.5 Å². The van der Waals surface area contributed by atoms with Crippen LogP contribution in [0.3, 0.4) is 0 Å². The van der Waals surface area contributed by atoms with Crippen molar-refractivity contribution in [2.75, 3.05) is 19.3 Å². The molecule has 1 fully saturated rings. The first-order valence-electron chi connectivity index (χ1n) is 10.1. The van der Waals surface area contributed by atoms with E-state index in [9.17, 15) is 13.5 Å². The van der Waals surface area contributed by atoms with Crippen molar-refractivity contribution in [2.24, 2.45) is 0 Å². The summed E-state index contributed by atoms with van der Waals surface area (Å²) in [5, 5.41) is 19.1. The van der Waals surface area contributed by atoms with Gasteiger partial charge in [-0.05, 0) is 80.6 Å². The smallest absolute Gasteiger partial charge is 0.211 e. The summed E-state index contributed by atoms with van der Waals surface area (Å²) in [5.41, 5.74) is 4.67. The number of phenols is 1. The summed E-state index contributed by atoms with van der Waals surface area (Å²) < 4.78 is 30.5. The van der Waals surface area contributed by atoms with Crippen LogP contribution in [0.15, 0.2) is 36.4 Å². The van der Waals surface area contributed by atoms with E-state index in [2.05, 4.69) is 0 Å². The number of benzene rings is 2. The van der Waals surface area contributed by atoms with Crippen molar-refractivity contribution >= 4 is 10.0 Å². The van der Waals surface area contributed by atoms with Gasteiger partial charge in [-0.15, -0.1) is 0 Å². The molecule has 7 heteroatoms. The number of rotatable bonds is 3. The molecule has 2 N–H and O–H groups in total. The van der Waals surface area contributed by atoms with Crippen LogP contribution in [0.5, 0.6) is 11.5 Å². The third kappa shape index (κ3) is 7.00. The number of aliphatic hydroxyl groups is 1. The molecule has 2 aromatic rings. The van der Waals surface area contributed by atoms with Crippen molar-refractivity contribution in [3.63, 3.8) is 0 Å². The SMILES string of the molecule is Cc1ccc(O)cc1C.Cc1ccc(O[C@@H]2CCN(S(C)(=O)=O)CC[C@H]2O)cc1C. The van der Waals surface area contributed by atoms with E-state index in [0.717, 1.165) is 16.9 Å². The van der Waals surface area contributed by atoms with E-state index in [1.54, 1.807) is 12.1 Å². The molecule has 0 amide bonds. The quantitative estimate of drug-likeness (QED) is 0.771. The molecular weight excluding hydrogens is 402 g/mol. The Morgan fingerprint density at radius 1 is 0.900 bits per heavy atom. The van der Waals surface area contributed by atoms with Crippen LogP contribution >= 0.6 is 0 Å². The van der Waals surface area contributed by atoms with Gasteiger partial charge in [0.15, 0.2) is 0 Å². The number of hydrogen-bond donors (Lipinski definition) is 2. The molecule has 1 saturated heterocycles. The van der Waals surface area contributed by atoms with Gasteiger partial charge in [-0.3, -0.25) is 0 Å². The van der Waals surface area contributed by atoms with Gasteiger partial charge in [-0.1, -0.05) is 12.1 Å². The Labute approximate surface area is 180 Å². The highest BCUT2D eigenvalue weighted by molar-refractivity contribution is 7.88. The van der Waals surface area contributed by atoms with E-state index in [1.165, 1.54) is 21.7 Å². The van der Waals surface area contributed by atoms with Gasteiger partial charge in [0.2, 0.25) is 10.0 Å². The number of sulfonamides is 1. The minimum Gasteiger partial charge on any atom is -0.508 e. The Balaban J connectivity index is 0.000000297. The standard InChI is InChI=1S/C15H23NO4S.C8H10O/c1-11-4-5-13(10-12(11)2)20-15-7-9-16(21(3,18)19)8-6-14(15)17;1-6-3-4-8(9)5-7(6)2/h4-5,10,14-15,17H,6-9H2,1-3H3;3-5,9H,1-2H3/t14-,15-;/m1./s1. The van der Waals surface area contributed by atoms with Crippen LogP contribution < -0.4 is 4.74 Å². The predicted molar refractivity (Wildman–Crippen MR) is 120 cm³/mol. The van der Waals surface area contributed by atoms with Crippen LogP contribution in [0.25, 0.3) is 0 Å². The second-order valence-corrected chi connectivity index (χ2v) is 9.96. The number of phenolic OH excluding ortho intramolecular Hbond substituents is 1. The number of aryl methyl sites for hydroxylation is 4. The topological polar surface area (TPSA) is 87.1 Å². The molecule has 2 aromatic carbocycles. The molecule has 1 aliphatic rings. The lowest BCUT2D eigenvalue weighted by atomic mass is 10.1. The van der Waals surface area contributed by atoms with Gasteiger partial charge in [0.25, 0.3) is 0 Å². The lowest BCUT2D eigenvalue weighted by Crippen LogP contribution is -2.32. The molecule has 6 nitrogen and oxygen atoms in total. The summed E-state index contributed by atoms with van der Waals surface area (Å²) in [6.07, 6.45) is 1.05. The van der Waals surface area contributed by atoms with Crippen LogP contribution in [0.4, 0.5) is 0 Å². The van der Waals surface area contributed by atoms with Gasteiger partial charge in [-0.25, -0.2) is 12.7 Å². The molecule has 2 atom stereocenters. The van der Waals surface area contributed by atoms with Crippen molar-refractivity contribution in [2.45, 2.75) is 52.7 Å². The second-order valence-electron chi connectivity index (χ2n) is 7.98. The normalized spacial score (nSPS) is 20.1. The molecular formula is C23H33NO5S. The third-order valence-electron chi connectivity index (χ3n) is 5.49. The average molecular weight is 436 g/mol. The van der Waals surface area contributed by atoms with Crippen molar-refractivity contribution < 1.29 is 23.4 Å². The zero-order valence-electron chi connectivity index (χ0n) is 18.4. The van der Waals surface area contributed by atoms with Crippen molar-refractivity contribution in [3.05, 3.63) is 58.7 Å². The zero-order valence-corrected chi connectivity index (χ0v) is 19.2. The Morgan fingerprint density at radius 2 is 1.47 bits per heavy atom. The summed E-state index contributed by atoms with van der Waals surface area (Å²) in [7, 11) is -3.21. The molecule has 30 heavy (non-hydrogen) atoms. The van der Waals surface area contributed by atoms with E-state index >= 15 is 0 Å². The van der Waals surface area contributed by atoms with Gasteiger partial charge in [-0.2, -0.15) is 0 Å². The highest BCUT2D eigenvalue weighted by Crippen LogP contribution is 2.23. The number of aromatic hydroxyl groups is 1. The largest absolute Gasteiger partial charge is 0.508 e. The molecule has 1 heterocycles. The van der Waals surface area contributed by atoms with Crippen LogP contribution in [0, 0.1) is 27.7 Å². The monoisotopic (exact) mass is 435 g/mol.